The minimum Gasteiger partial charge on any atom is -0.508 e. The standard InChI is InChI=1S/C13H14F3N3O.2ClH/c14-13(15,16)12(19-5-3-18-4-6-19)10-7-9(8-17)1-2-11(10)20;;/h1-2,7,12,18,20H,3-6H2;2*1H/t12-;;/m1../s1. The first-order chi connectivity index (χ1) is 9.43. The van der Waals surface area contributed by atoms with E-state index in [-0.39, 0.29) is 49.0 Å². The molecule has 0 aliphatic carbocycles. The minimum atomic E-state index is -4.51. The van der Waals surface area contributed by atoms with E-state index in [1.54, 1.807) is 6.07 Å². The van der Waals surface area contributed by atoms with E-state index in [2.05, 4.69) is 5.32 Å². The first-order valence-electron chi connectivity index (χ1n) is 6.18. The third-order valence-electron chi connectivity index (χ3n) is 3.28. The van der Waals surface area contributed by atoms with Crippen molar-refractivity contribution >= 4 is 24.8 Å². The Balaban J connectivity index is 0.00000220. The number of hydrogen-bond acceptors (Lipinski definition) is 4. The van der Waals surface area contributed by atoms with Gasteiger partial charge in [-0.1, -0.05) is 0 Å². The van der Waals surface area contributed by atoms with E-state index in [1.807, 2.05) is 0 Å². The molecule has 1 aliphatic heterocycles. The molecule has 1 atom stereocenters. The van der Waals surface area contributed by atoms with Gasteiger partial charge in [-0.15, -0.1) is 24.8 Å². The molecule has 1 aromatic rings. The van der Waals surface area contributed by atoms with Gasteiger partial charge in [0, 0.05) is 31.7 Å². The molecular formula is C13H16Cl2F3N3O. The molecule has 22 heavy (non-hydrogen) atoms. The van der Waals surface area contributed by atoms with Crippen molar-refractivity contribution in [3.05, 3.63) is 29.3 Å². The number of hydrogen-bond donors (Lipinski definition) is 2. The second-order valence-corrected chi connectivity index (χ2v) is 4.62. The van der Waals surface area contributed by atoms with Gasteiger partial charge >= 0.3 is 6.18 Å². The van der Waals surface area contributed by atoms with E-state index in [4.69, 9.17) is 5.26 Å². The van der Waals surface area contributed by atoms with Crippen LogP contribution in [0.1, 0.15) is 17.2 Å². The molecule has 2 rings (SSSR count). The first kappa shape index (κ1) is 20.8. The Morgan fingerprint density at radius 1 is 1.23 bits per heavy atom. The number of nitrogens with zero attached hydrogens (tertiary/aromatic N) is 2. The van der Waals surface area contributed by atoms with Crippen molar-refractivity contribution in [2.24, 2.45) is 0 Å². The fraction of sp³-hybridized carbons (Fsp3) is 0.462. The Morgan fingerprint density at radius 2 is 1.82 bits per heavy atom. The molecule has 0 unspecified atom stereocenters. The predicted molar refractivity (Wildman–Crippen MR) is 80.6 cm³/mol. The number of rotatable bonds is 2. The molecule has 2 N–H and O–H groups in total. The lowest BCUT2D eigenvalue weighted by atomic mass is 10.0. The highest BCUT2D eigenvalue weighted by molar-refractivity contribution is 5.85. The summed E-state index contributed by atoms with van der Waals surface area (Å²) in [5.41, 5.74) is -0.166. The van der Waals surface area contributed by atoms with Crippen LogP contribution in [0.25, 0.3) is 0 Å². The van der Waals surface area contributed by atoms with Crippen LogP contribution in [0, 0.1) is 11.3 Å². The summed E-state index contributed by atoms with van der Waals surface area (Å²) < 4.78 is 40.0. The molecule has 0 saturated carbocycles. The lowest BCUT2D eigenvalue weighted by Crippen LogP contribution is -2.49. The van der Waals surface area contributed by atoms with Crippen molar-refractivity contribution in [3.8, 4) is 11.8 Å². The van der Waals surface area contributed by atoms with Gasteiger partial charge < -0.3 is 10.4 Å². The van der Waals surface area contributed by atoms with E-state index >= 15 is 0 Å². The fourth-order valence-electron chi connectivity index (χ4n) is 2.36. The van der Waals surface area contributed by atoms with Crippen LogP contribution in [0.2, 0.25) is 0 Å². The van der Waals surface area contributed by atoms with Crippen LogP contribution in [-0.4, -0.2) is 42.4 Å². The van der Waals surface area contributed by atoms with Crippen molar-refractivity contribution in [2.45, 2.75) is 12.2 Å². The van der Waals surface area contributed by atoms with Gasteiger partial charge in [-0.3, -0.25) is 4.90 Å². The second-order valence-electron chi connectivity index (χ2n) is 4.62. The SMILES string of the molecule is Cl.Cl.N#Cc1ccc(O)c([C@@H](N2CCNCC2)C(F)(F)F)c1. The summed E-state index contributed by atoms with van der Waals surface area (Å²) in [6.45, 7) is 1.40. The second kappa shape index (κ2) is 8.44. The number of halogens is 5. The van der Waals surface area contributed by atoms with Crippen LogP contribution in [0.3, 0.4) is 0 Å². The lowest BCUT2D eigenvalue weighted by Gasteiger charge is -2.36. The van der Waals surface area contributed by atoms with Gasteiger partial charge in [0.25, 0.3) is 0 Å². The quantitative estimate of drug-likeness (QED) is 0.854. The van der Waals surface area contributed by atoms with E-state index < -0.39 is 18.0 Å². The van der Waals surface area contributed by atoms with E-state index in [1.165, 1.54) is 11.0 Å². The number of phenolic OH excluding ortho intramolecular Hbond substituents is 1. The summed E-state index contributed by atoms with van der Waals surface area (Å²) in [6, 6.07) is 3.44. The molecule has 1 saturated heterocycles. The van der Waals surface area contributed by atoms with Gasteiger partial charge in [-0.25, -0.2) is 0 Å². The van der Waals surface area contributed by atoms with Crippen molar-refractivity contribution in [3.63, 3.8) is 0 Å². The summed E-state index contributed by atoms with van der Waals surface area (Å²) in [6.07, 6.45) is -4.51. The van der Waals surface area contributed by atoms with Crippen LogP contribution in [-0.2, 0) is 0 Å². The van der Waals surface area contributed by atoms with Crippen LogP contribution in [0.5, 0.6) is 5.75 Å². The number of aromatic hydroxyl groups is 1. The Morgan fingerprint density at radius 3 is 2.32 bits per heavy atom. The number of alkyl halides is 3. The lowest BCUT2D eigenvalue weighted by molar-refractivity contribution is -0.188. The van der Waals surface area contributed by atoms with E-state index in [0.717, 1.165) is 12.1 Å². The van der Waals surface area contributed by atoms with Crippen molar-refractivity contribution in [1.82, 2.24) is 10.2 Å². The average Bonchev–Trinajstić information content (AvgIpc) is 2.41. The molecule has 4 nitrogen and oxygen atoms in total. The Kier molecular flexibility index (Phi) is 7.98. The monoisotopic (exact) mass is 357 g/mol. The molecule has 1 aromatic carbocycles. The summed E-state index contributed by atoms with van der Waals surface area (Å²) in [5.74, 6) is -0.440. The fourth-order valence-corrected chi connectivity index (χ4v) is 2.36. The highest BCUT2D eigenvalue weighted by Crippen LogP contribution is 2.41. The van der Waals surface area contributed by atoms with Crippen molar-refractivity contribution in [2.75, 3.05) is 26.2 Å². The summed E-state index contributed by atoms with van der Waals surface area (Å²) in [4.78, 5) is 1.27. The Hall–Kier alpha value is -1.20. The third kappa shape index (κ3) is 4.65. The van der Waals surface area contributed by atoms with E-state index in [9.17, 15) is 18.3 Å². The number of nitriles is 1. The predicted octanol–water partition coefficient (Wildman–Crippen LogP) is 2.62. The zero-order valence-electron chi connectivity index (χ0n) is 11.4. The molecule has 0 spiro atoms. The van der Waals surface area contributed by atoms with Gasteiger partial charge in [-0.05, 0) is 18.2 Å². The van der Waals surface area contributed by atoms with Gasteiger partial charge in [0.1, 0.15) is 11.8 Å². The average molecular weight is 358 g/mol. The maximum atomic E-state index is 13.3. The summed E-state index contributed by atoms with van der Waals surface area (Å²) in [7, 11) is 0. The molecule has 0 amide bonds. The largest absolute Gasteiger partial charge is 0.508 e. The topological polar surface area (TPSA) is 59.3 Å². The van der Waals surface area contributed by atoms with Crippen LogP contribution < -0.4 is 5.32 Å². The zero-order chi connectivity index (χ0) is 14.8. The number of phenols is 1. The highest BCUT2D eigenvalue weighted by atomic mass is 35.5. The van der Waals surface area contributed by atoms with Crippen LogP contribution in [0.15, 0.2) is 18.2 Å². The van der Waals surface area contributed by atoms with Crippen molar-refractivity contribution < 1.29 is 18.3 Å². The molecule has 0 bridgehead atoms. The van der Waals surface area contributed by atoms with E-state index in [0.29, 0.717) is 13.1 Å². The van der Waals surface area contributed by atoms with Gasteiger partial charge in [0.2, 0.25) is 0 Å². The van der Waals surface area contributed by atoms with Gasteiger partial charge in [-0.2, -0.15) is 18.4 Å². The number of benzene rings is 1. The number of nitrogens with one attached hydrogen (secondary N) is 1. The Labute approximate surface area is 138 Å². The van der Waals surface area contributed by atoms with Crippen molar-refractivity contribution in [1.29, 1.82) is 5.26 Å². The maximum Gasteiger partial charge on any atom is 0.408 e. The van der Waals surface area contributed by atoms with Crippen LogP contribution >= 0.6 is 24.8 Å². The molecular weight excluding hydrogens is 342 g/mol. The summed E-state index contributed by atoms with van der Waals surface area (Å²) >= 11 is 0. The molecule has 1 heterocycles. The third-order valence-corrected chi connectivity index (χ3v) is 3.28. The summed E-state index contributed by atoms with van der Waals surface area (Å²) in [5, 5.41) is 21.5. The van der Waals surface area contributed by atoms with Gasteiger partial charge in [0.05, 0.1) is 11.6 Å². The first-order valence-corrected chi connectivity index (χ1v) is 6.18. The van der Waals surface area contributed by atoms with Gasteiger partial charge in [0.15, 0.2) is 0 Å². The molecule has 1 fully saturated rings. The molecule has 9 heteroatoms. The molecule has 124 valence electrons. The molecule has 0 radical (unpaired) electrons. The van der Waals surface area contributed by atoms with Crippen LogP contribution in [0.4, 0.5) is 13.2 Å². The number of piperazine rings is 1. The highest BCUT2D eigenvalue weighted by Gasteiger charge is 2.46. The normalized spacial score (nSPS) is 16.8. The molecule has 1 aliphatic rings. The maximum absolute atomic E-state index is 13.3. The minimum absolute atomic E-state index is 0. The smallest absolute Gasteiger partial charge is 0.408 e. The Bertz CT molecular complexity index is 528. The zero-order valence-corrected chi connectivity index (χ0v) is 13.1. The molecule has 0 aromatic heterocycles.